The molecule has 0 saturated heterocycles. The van der Waals surface area contributed by atoms with E-state index < -0.39 is 0 Å². The smallest absolute Gasteiger partial charge is 0.226 e. The average Bonchev–Trinajstić information content (AvgIpc) is 2.80. The SMILES string of the molecule is O=C(CC1CCCCC1)Nc1nc2ccc(F)cc2s1. The monoisotopic (exact) mass is 292 g/mol. The van der Waals surface area contributed by atoms with E-state index in [1.54, 1.807) is 6.07 Å². The fraction of sp³-hybridized carbons (Fsp3) is 0.467. The van der Waals surface area contributed by atoms with Crippen LogP contribution in [0.3, 0.4) is 0 Å². The normalized spacial score (nSPS) is 16.4. The second-order valence-corrected chi connectivity index (χ2v) is 6.42. The lowest BCUT2D eigenvalue weighted by atomic mass is 9.87. The number of aromatic nitrogens is 1. The van der Waals surface area contributed by atoms with E-state index in [1.165, 1.54) is 42.7 Å². The summed E-state index contributed by atoms with van der Waals surface area (Å²) >= 11 is 1.32. The van der Waals surface area contributed by atoms with E-state index in [-0.39, 0.29) is 11.7 Å². The zero-order valence-electron chi connectivity index (χ0n) is 11.2. The standard InChI is InChI=1S/C15H17FN2OS/c16-11-6-7-12-13(9-11)20-15(17-12)18-14(19)8-10-4-2-1-3-5-10/h6-7,9-10H,1-5,8H2,(H,17,18,19). The Morgan fingerprint density at radius 2 is 2.15 bits per heavy atom. The van der Waals surface area contributed by atoms with Crippen LogP contribution in [-0.4, -0.2) is 10.9 Å². The number of anilines is 1. The Labute approximate surface area is 121 Å². The van der Waals surface area contributed by atoms with Crippen molar-refractivity contribution in [2.75, 3.05) is 5.32 Å². The highest BCUT2D eigenvalue weighted by molar-refractivity contribution is 7.22. The van der Waals surface area contributed by atoms with E-state index in [1.807, 2.05) is 0 Å². The van der Waals surface area contributed by atoms with Gasteiger partial charge in [0, 0.05) is 6.42 Å². The quantitative estimate of drug-likeness (QED) is 0.914. The molecule has 0 unspecified atom stereocenters. The number of hydrogen-bond acceptors (Lipinski definition) is 3. The van der Waals surface area contributed by atoms with Crippen LogP contribution >= 0.6 is 11.3 Å². The molecule has 1 aromatic carbocycles. The van der Waals surface area contributed by atoms with E-state index in [0.717, 1.165) is 23.1 Å². The van der Waals surface area contributed by atoms with Crippen LogP contribution in [0.15, 0.2) is 18.2 Å². The molecule has 1 saturated carbocycles. The lowest BCUT2D eigenvalue weighted by molar-refractivity contribution is -0.117. The van der Waals surface area contributed by atoms with Crippen molar-refractivity contribution in [1.29, 1.82) is 0 Å². The van der Waals surface area contributed by atoms with Crippen molar-refractivity contribution >= 4 is 32.6 Å². The van der Waals surface area contributed by atoms with Crippen LogP contribution in [0, 0.1) is 11.7 Å². The third kappa shape index (κ3) is 3.15. The minimum atomic E-state index is -0.277. The van der Waals surface area contributed by atoms with Gasteiger partial charge < -0.3 is 5.32 Å². The topological polar surface area (TPSA) is 42.0 Å². The molecule has 0 radical (unpaired) electrons. The fourth-order valence-corrected chi connectivity index (χ4v) is 3.68. The molecular formula is C15H17FN2OS. The van der Waals surface area contributed by atoms with E-state index in [2.05, 4.69) is 10.3 Å². The largest absolute Gasteiger partial charge is 0.302 e. The van der Waals surface area contributed by atoms with Gasteiger partial charge in [-0.25, -0.2) is 9.37 Å². The molecule has 1 aliphatic carbocycles. The summed E-state index contributed by atoms with van der Waals surface area (Å²) in [4.78, 5) is 16.3. The summed E-state index contributed by atoms with van der Waals surface area (Å²) < 4.78 is 13.9. The van der Waals surface area contributed by atoms with Crippen molar-refractivity contribution in [2.24, 2.45) is 5.92 Å². The number of carbonyl (C=O) groups excluding carboxylic acids is 1. The summed E-state index contributed by atoms with van der Waals surface area (Å²) in [5, 5.41) is 3.41. The van der Waals surface area contributed by atoms with Gasteiger partial charge in [0.2, 0.25) is 5.91 Å². The molecule has 1 aromatic heterocycles. The Kier molecular flexibility index (Phi) is 3.96. The van der Waals surface area contributed by atoms with Crippen LogP contribution in [0.2, 0.25) is 0 Å². The maximum Gasteiger partial charge on any atom is 0.226 e. The summed E-state index contributed by atoms with van der Waals surface area (Å²) in [5.41, 5.74) is 0.726. The number of rotatable bonds is 3. The van der Waals surface area contributed by atoms with Crippen LogP contribution in [-0.2, 0) is 4.79 Å². The molecular weight excluding hydrogens is 275 g/mol. The molecule has 5 heteroatoms. The van der Waals surface area contributed by atoms with Gasteiger partial charge in [-0.2, -0.15) is 0 Å². The molecule has 0 atom stereocenters. The minimum Gasteiger partial charge on any atom is -0.302 e. The molecule has 1 amide bonds. The van der Waals surface area contributed by atoms with Gasteiger partial charge in [-0.3, -0.25) is 4.79 Å². The summed E-state index contributed by atoms with van der Waals surface area (Å²) in [5.74, 6) is 0.258. The second kappa shape index (κ2) is 5.87. The molecule has 2 aromatic rings. The highest BCUT2D eigenvalue weighted by Crippen LogP contribution is 2.29. The van der Waals surface area contributed by atoms with Crippen molar-refractivity contribution in [3.63, 3.8) is 0 Å². The molecule has 1 aliphatic rings. The minimum absolute atomic E-state index is 0.0245. The summed E-state index contributed by atoms with van der Waals surface area (Å²) in [6.07, 6.45) is 6.64. The Balaban J connectivity index is 1.64. The van der Waals surface area contributed by atoms with Crippen LogP contribution in [0.5, 0.6) is 0 Å². The lowest BCUT2D eigenvalue weighted by Crippen LogP contribution is -2.18. The first-order valence-electron chi connectivity index (χ1n) is 7.06. The van der Waals surface area contributed by atoms with Crippen LogP contribution in [0.1, 0.15) is 38.5 Å². The zero-order valence-corrected chi connectivity index (χ0v) is 12.0. The third-order valence-corrected chi connectivity index (χ3v) is 4.73. The number of hydrogen-bond donors (Lipinski definition) is 1. The first kappa shape index (κ1) is 13.5. The molecule has 0 aliphatic heterocycles. The van der Waals surface area contributed by atoms with Crippen molar-refractivity contribution < 1.29 is 9.18 Å². The number of fused-ring (bicyclic) bond motifs is 1. The Hall–Kier alpha value is -1.49. The third-order valence-electron chi connectivity index (χ3n) is 3.80. The summed E-state index contributed by atoms with van der Waals surface area (Å²) in [6.45, 7) is 0. The molecule has 1 heterocycles. The van der Waals surface area contributed by atoms with Crippen LogP contribution in [0.25, 0.3) is 10.2 Å². The highest BCUT2D eigenvalue weighted by atomic mass is 32.1. The first-order valence-corrected chi connectivity index (χ1v) is 7.88. The van der Waals surface area contributed by atoms with E-state index in [0.29, 0.717) is 17.5 Å². The van der Waals surface area contributed by atoms with Gasteiger partial charge in [-0.15, -0.1) is 0 Å². The van der Waals surface area contributed by atoms with Gasteiger partial charge in [-0.05, 0) is 37.0 Å². The average molecular weight is 292 g/mol. The Morgan fingerprint density at radius 3 is 2.95 bits per heavy atom. The van der Waals surface area contributed by atoms with E-state index in [9.17, 15) is 9.18 Å². The number of nitrogens with one attached hydrogen (secondary N) is 1. The maximum absolute atomic E-state index is 13.1. The molecule has 0 bridgehead atoms. The molecule has 0 spiro atoms. The number of nitrogens with zero attached hydrogens (tertiary/aromatic N) is 1. The van der Waals surface area contributed by atoms with Crippen LogP contribution in [0.4, 0.5) is 9.52 Å². The molecule has 1 N–H and O–H groups in total. The molecule has 20 heavy (non-hydrogen) atoms. The van der Waals surface area contributed by atoms with Crippen LogP contribution < -0.4 is 5.32 Å². The fourth-order valence-electron chi connectivity index (χ4n) is 2.78. The van der Waals surface area contributed by atoms with Crippen molar-refractivity contribution in [3.8, 4) is 0 Å². The Morgan fingerprint density at radius 1 is 1.35 bits per heavy atom. The number of amides is 1. The van der Waals surface area contributed by atoms with Gasteiger partial charge >= 0.3 is 0 Å². The van der Waals surface area contributed by atoms with Gasteiger partial charge in [0.15, 0.2) is 5.13 Å². The lowest BCUT2D eigenvalue weighted by Gasteiger charge is -2.20. The van der Waals surface area contributed by atoms with Gasteiger partial charge in [0.1, 0.15) is 5.82 Å². The predicted octanol–water partition coefficient (Wildman–Crippen LogP) is 4.34. The predicted molar refractivity (Wildman–Crippen MR) is 79.4 cm³/mol. The highest BCUT2D eigenvalue weighted by Gasteiger charge is 2.17. The number of thiazole rings is 1. The zero-order chi connectivity index (χ0) is 13.9. The van der Waals surface area contributed by atoms with Gasteiger partial charge in [0.25, 0.3) is 0 Å². The van der Waals surface area contributed by atoms with Crippen molar-refractivity contribution in [2.45, 2.75) is 38.5 Å². The number of halogens is 1. The molecule has 106 valence electrons. The van der Waals surface area contributed by atoms with Gasteiger partial charge in [0.05, 0.1) is 10.2 Å². The Bertz CT molecular complexity index is 619. The van der Waals surface area contributed by atoms with Gasteiger partial charge in [-0.1, -0.05) is 30.6 Å². The summed E-state index contributed by atoms with van der Waals surface area (Å²) in [7, 11) is 0. The number of benzene rings is 1. The number of carbonyl (C=O) groups is 1. The molecule has 1 fully saturated rings. The first-order chi connectivity index (χ1) is 9.70. The van der Waals surface area contributed by atoms with E-state index >= 15 is 0 Å². The second-order valence-electron chi connectivity index (χ2n) is 5.39. The van der Waals surface area contributed by atoms with E-state index in [4.69, 9.17) is 0 Å². The van der Waals surface area contributed by atoms with Crippen molar-refractivity contribution in [1.82, 2.24) is 4.98 Å². The molecule has 3 nitrogen and oxygen atoms in total. The summed E-state index contributed by atoms with van der Waals surface area (Å²) in [6, 6.07) is 4.47. The molecule has 3 rings (SSSR count). The maximum atomic E-state index is 13.1. The van der Waals surface area contributed by atoms with Crippen molar-refractivity contribution in [3.05, 3.63) is 24.0 Å².